The Kier molecular flexibility index (Phi) is 4.75. The quantitative estimate of drug-likeness (QED) is 0.876. The van der Waals surface area contributed by atoms with E-state index in [4.69, 9.17) is 0 Å². The number of urea groups is 1. The maximum absolute atomic E-state index is 12.4. The summed E-state index contributed by atoms with van der Waals surface area (Å²) in [4.78, 5) is 21.1. The van der Waals surface area contributed by atoms with Crippen LogP contribution in [0.15, 0.2) is 11.6 Å². The lowest BCUT2D eigenvalue weighted by atomic mass is 10.1. The van der Waals surface area contributed by atoms with Gasteiger partial charge >= 0.3 is 6.03 Å². The van der Waals surface area contributed by atoms with Crippen LogP contribution in [0.3, 0.4) is 0 Å². The molecule has 0 aromatic carbocycles. The summed E-state index contributed by atoms with van der Waals surface area (Å²) in [5.41, 5.74) is 0. The second-order valence-electron chi connectivity index (χ2n) is 6.02. The molecule has 2 aliphatic rings. The zero-order valence-corrected chi connectivity index (χ0v) is 13.4. The molecular weight excluding hydrogens is 284 g/mol. The summed E-state index contributed by atoms with van der Waals surface area (Å²) < 4.78 is 0. The molecule has 1 aliphatic carbocycles. The van der Waals surface area contributed by atoms with Crippen molar-refractivity contribution in [3.8, 4) is 0 Å². The minimum atomic E-state index is 0.0858. The topological polar surface area (TPSA) is 48.5 Å². The van der Waals surface area contributed by atoms with Crippen molar-refractivity contribution in [3.05, 3.63) is 16.6 Å². The molecule has 1 atom stereocenters. The average Bonchev–Trinajstić information content (AvgIpc) is 3.03. The molecule has 1 saturated carbocycles. The predicted octanol–water partition coefficient (Wildman–Crippen LogP) is 2.16. The number of carbonyl (C=O) groups excluding carboxylic acids is 1. The average molecular weight is 308 g/mol. The standard InChI is InChI=1S/C15H24N4OS/c1-2-18-7-5-12(10-18)9-17-15(20)19(13-3-4-13)11-14-16-6-8-21-14/h6,8,12-13H,2-5,7,9-11H2,1H3,(H,17,20)/t12-/m1/s1. The minimum absolute atomic E-state index is 0.0858. The Morgan fingerprint density at radius 3 is 3.00 bits per heavy atom. The van der Waals surface area contributed by atoms with E-state index in [0.29, 0.717) is 18.5 Å². The van der Waals surface area contributed by atoms with Crippen LogP contribution < -0.4 is 5.32 Å². The number of hydrogen-bond donors (Lipinski definition) is 1. The number of amides is 2. The third-order valence-electron chi connectivity index (χ3n) is 4.40. The molecule has 1 aromatic rings. The fourth-order valence-electron chi connectivity index (χ4n) is 2.93. The van der Waals surface area contributed by atoms with Crippen LogP contribution in [0.1, 0.15) is 31.2 Å². The fraction of sp³-hybridized carbons (Fsp3) is 0.733. The van der Waals surface area contributed by atoms with Gasteiger partial charge in [-0.25, -0.2) is 9.78 Å². The molecule has 0 unspecified atom stereocenters. The molecule has 2 amide bonds. The Hall–Kier alpha value is -1.14. The Labute approximate surface area is 130 Å². The maximum Gasteiger partial charge on any atom is 0.318 e. The first kappa shape index (κ1) is 14.8. The van der Waals surface area contributed by atoms with Crippen molar-refractivity contribution in [2.24, 2.45) is 5.92 Å². The Morgan fingerprint density at radius 1 is 1.52 bits per heavy atom. The lowest BCUT2D eigenvalue weighted by Crippen LogP contribution is -2.43. The third kappa shape index (κ3) is 3.95. The van der Waals surface area contributed by atoms with Crippen LogP contribution in [0.4, 0.5) is 4.79 Å². The van der Waals surface area contributed by atoms with Gasteiger partial charge in [-0.05, 0) is 38.3 Å². The molecule has 21 heavy (non-hydrogen) atoms. The van der Waals surface area contributed by atoms with E-state index in [9.17, 15) is 4.79 Å². The zero-order valence-electron chi connectivity index (χ0n) is 12.6. The van der Waals surface area contributed by atoms with Gasteiger partial charge in [0.2, 0.25) is 0 Å². The SMILES string of the molecule is CCN1CC[C@H](CNC(=O)N(Cc2nccs2)C2CC2)C1. The first-order valence-corrected chi connectivity index (χ1v) is 8.79. The smallest absolute Gasteiger partial charge is 0.318 e. The van der Waals surface area contributed by atoms with Gasteiger partial charge in [-0.15, -0.1) is 11.3 Å². The molecule has 116 valence electrons. The van der Waals surface area contributed by atoms with Gasteiger partial charge < -0.3 is 15.1 Å². The summed E-state index contributed by atoms with van der Waals surface area (Å²) in [6, 6.07) is 0.507. The highest BCUT2D eigenvalue weighted by Gasteiger charge is 2.33. The van der Waals surface area contributed by atoms with Crippen LogP contribution in [0, 0.1) is 5.92 Å². The molecule has 1 N–H and O–H groups in total. The Bertz CT molecular complexity index is 460. The van der Waals surface area contributed by atoms with Crippen LogP contribution >= 0.6 is 11.3 Å². The molecule has 2 fully saturated rings. The highest BCUT2D eigenvalue weighted by molar-refractivity contribution is 7.09. The van der Waals surface area contributed by atoms with E-state index in [2.05, 4.69) is 22.1 Å². The van der Waals surface area contributed by atoms with Crippen LogP contribution in [0.25, 0.3) is 0 Å². The van der Waals surface area contributed by atoms with Crippen LogP contribution in [-0.4, -0.2) is 53.0 Å². The number of likely N-dealkylation sites (tertiary alicyclic amines) is 1. The van der Waals surface area contributed by atoms with Crippen molar-refractivity contribution in [2.75, 3.05) is 26.2 Å². The Balaban J connectivity index is 1.48. The molecule has 3 rings (SSSR count). The lowest BCUT2D eigenvalue weighted by molar-refractivity contribution is 0.190. The van der Waals surface area contributed by atoms with Crippen molar-refractivity contribution < 1.29 is 4.79 Å². The summed E-state index contributed by atoms with van der Waals surface area (Å²) in [7, 11) is 0. The van der Waals surface area contributed by atoms with Gasteiger partial charge in [0.1, 0.15) is 5.01 Å². The van der Waals surface area contributed by atoms with Crippen molar-refractivity contribution in [1.29, 1.82) is 0 Å². The van der Waals surface area contributed by atoms with E-state index in [1.54, 1.807) is 17.5 Å². The van der Waals surface area contributed by atoms with E-state index < -0.39 is 0 Å². The van der Waals surface area contributed by atoms with Gasteiger partial charge in [0.25, 0.3) is 0 Å². The van der Waals surface area contributed by atoms with Gasteiger partial charge in [-0.2, -0.15) is 0 Å². The molecule has 2 heterocycles. The first-order valence-electron chi connectivity index (χ1n) is 7.91. The number of nitrogens with zero attached hydrogens (tertiary/aromatic N) is 3. The molecule has 1 aliphatic heterocycles. The molecule has 0 radical (unpaired) electrons. The number of hydrogen-bond acceptors (Lipinski definition) is 4. The summed E-state index contributed by atoms with van der Waals surface area (Å²) in [5.74, 6) is 0.606. The van der Waals surface area contributed by atoms with Crippen LogP contribution in [0.5, 0.6) is 0 Å². The molecule has 0 bridgehead atoms. The summed E-state index contributed by atoms with van der Waals surface area (Å²) in [6.45, 7) is 7.05. The number of rotatable bonds is 6. The monoisotopic (exact) mass is 308 g/mol. The minimum Gasteiger partial charge on any atom is -0.338 e. The largest absolute Gasteiger partial charge is 0.338 e. The van der Waals surface area contributed by atoms with E-state index in [1.807, 2.05) is 10.3 Å². The summed E-state index contributed by atoms with van der Waals surface area (Å²) in [6.07, 6.45) is 5.27. The van der Waals surface area contributed by atoms with Gasteiger partial charge in [0.05, 0.1) is 6.54 Å². The van der Waals surface area contributed by atoms with E-state index in [1.165, 1.54) is 13.0 Å². The Morgan fingerprint density at radius 2 is 2.38 bits per heavy atom. The lowest BCUT2D eigenvalue weighted by Gasteiger charge is -2.23. The van der Waals surface area contributed by atoms with Gasteiger partial charge in [-0.3, -0.25) is 0 Å². The molecule has 0 spiro atoms. The number of nitrogens with one attached hydrogen (secondary N) is 1. The molecule has 1 saturated heterocycles. The van der Waals surface area contributed by atoms with Crippen molar-refractivity contribution in [1.82, 2.24) is 20.1 Å². The fourth-order valence-corrected chi connectivity index (χ4v) is 3.54. The highest BCUT2D eigenvalue weighted by atomic mass is 32.1. The number of thiazole rings is 1. The second-order valence-corrected chi connectivity index (χ2v) is 7.00. The maximum atomic E-state index is 12.4. The van der Waals surface area contributed by atoms with Gasteiger partial charge in [0.15, 0.2) is 0 Å². The third-order valence-corrected chi connectivity index (χ3v) is 5.16. The van der Waals surface area contributed by atoms with Crippen LogP contribution in [-0.2, 0) is 6.54 Å². The van der Waals surface area contributed by atoms with Crippen molar-refractivity contribution >= 4 is 17.4 Å². The zero-order chi connectivity index (χ0) is 14.7. The van der Waals surface area contributed by atoms with E-state index >= 15 is 0 Å². The normalized spacial score (nSPS) is 22.4. The van der Waals surface area contributed by atoms with Gasteiger partial charge in [0, 0.05) is 30.7 Å². The van der Waals surface area contributed by atoms with Crippen molar-refractivity contribution in [2.45, 2.75) is 38.8 Å². The second kappa shape index (κ2) is 6.75. The summed E-state index contributed by atoms with van der Waals surface area (Å²) >= 11 is 1.62. The predicted molar refractivity (Wildman–Crippen MR) is 84.3 cm³/mol. The molecule has 5 nitrogen and oxygen atoms in total. The van der Waals surface area contributed by atoms with E-state index in [0.717, 1.165) is 37.5 Å². The molecule has 6 heteroatoms. The highest BCUT2D eigenvalue weighted by Crippen LogP contribution is 2.28. The van der Waals surface area contributed by atoms with E-state index in [-0.39, 0.29) is 6.03 Å². The first-order chi connectivity index (χ1) is 10.3. The molecular formula is C15H24N4OS. The van der Waals surface area contributed by atoms with Crippen molar-refractivity contribution in [3.63, 3.8) is 0 Å². The molecule has 1 aromatic heterocycles. The number of aromatic nitrogens is 1. The van der Waals surface area contributed by atoms with Crippen LogP contribution in [0.2, 0.25) is 0 Å². The summed E-state index contributed by atoms with van der Waals surface area (Å²) in [5, 5.41) is 6.13. The van der Waals surface area contributed by atoms with Gasteiger partial charge in [-0.1, -0.05) is 6.92 Å². The number of carbonyl (C=O) groups is 1.